The van der Waals surface area contributed by atoms with Gasteiger partial charge in [-0.2, -0.15) is 0 Å². The van der Waals surface area contributed by atoms with Crippen LogP contribution in [0.25, 0.3) is 0 Å². The maximum atomic E-state index is 12.1. The minimum atomic E-state index is -0.735. The van der Waals surface area contributed by atoms with Crippen LogP contribution in [0.15, 0.2) is 60.7 Å². The Labute approximate surface area is 135 Å². The highest BCUT2D eigenvalue weighted by Crippen LogP contribution is 2.07. The minimum absolute atomic E-state index is 0.270. The van der Waals surface area contributed by atoms with Gasteiger partial charge < -0.3 is 15.4 Å². The Hall–Kier alpha value is -2.82. The van der Waals surface area contributed by atoms with E-state index in [9.17, 15) is 9.59 Å². The Morgan fingerprint density at radius 1 is 1.00 bits per heavy atom. The SMILES string of the molecule is CCOC(=O)[C@@H](Cc1ccccc1)NC(=O)Nc1ccccc1. The molecule has 23 heavy (non-hydrogen) atoms. The smallest absolute Gasteiger partial charge is 0.329 e. The number of carbonyl (C=O) groups is 2. The van der Waals surface area contributed by atoms with Crippen molar-refractivity contribution >= 4 is 17.7 Å². The molecule has 0 fully saturated rings. The van der Waals surface area contributed by atoms with Crippen LogP contribution >= 0.6 is 0 Å². The van der Waals surface area contributed by atoms with Crippen LogP contribution in [-0.4, -0.2) is 24.6 Å². The molecule has 120 valence electrons. The summed E-state index contributed by atoms with van der Waals surface area (Å²) >= 11 is 0. The van der Waals surface area contributed by atoms with E-state index in [1.54, 1.807) is 19.1 Å². The second kappa shape index (κ2) is 8.58. The molecular weight excluding hydrogens is 292 g/mol. The van der Waals surface area contributed by atoms with Crippen LogP contribution in [0.3, 0.4) is 0 Å². The van der Waals surface area contributed by atoms with Crippen LogP contribution in [-0.2, 0) is 16.0 Å². The Morgan fingerprint density at radius 3 is 2.22 bits per heavy atom. The highest BCUT2D eigenvalue weighted by Gasteiger charge is 2.22. The molecule has 0 heterocycles. The summed E-state index contributed by atoms with van der Waals surface area (Å²) < 4.78 is 5.05. The van der Waals surface area contributed by atoms with E-state index in [0.29, 0.717) is 12.1 Å². The van der Waals surface area contributed by atoms with Crippen molar-refractivity contribution in [3.8, 4) is 0 Å². The van der Waals surface area contributed by atoms with E-state index in [1.165, 1.54) is 0 Å². The molecule has 0 unspecified atom stereocenters. The van der Waals surface area contributed by atoms with Crippen molar-refractivity contribution in [2.75, 3.05) is 11.9 Å². The van der Waals surface area contributed by atoms with Gasteiger partial charge in [-0.25, -0.2) is 9.59 Å². The fraction of sp³-hybridized carbons (Fsp3) is 0.222. The highest BCUT2D eigenvalue weighted by molar-refractivity contribution is 5.92. The molecule has 5 nitrogen and oxygen atoms in total. The third kappa shape index (κ3) is 5.47. The Kier molecular flexibility index (Phi) is 6.17. The fourth-order valence-electron chi connectivity index (χ4n) is 2.13. The number of amides is 2. The first kappa shape index (κ1) is 16.5. The summed E-state index contributed by atoms with van der Waals surface area (Å²) in [7, 11) is 0. The van der Waals surface area contributed by atoms with Crippen LogP contribution in [0, 0.1) is 0 Å². The summed E-state index contributed by atoms with van der Waals surface area (Å²) in [5.74, 6) is -0.445. The van der Waals surface area contributed by atoms with Gasteiger partial charge >= 0.3 is 12.0 Å². The summed E-state index contributed by atoms with van der Waals surface area (Å²) in [6.07, 6.45) is 0.377. The molecule has 0 aromatic heterocycles. The molecule has 5 heteroatoms. The highest BCUT2D eigenvalue weighted by atomic mass is 16.5. The first-order valence-electron chi connectivity index (χ1n) is 7.52. The summed E-state index contributed by atoms with van der Waals surface area (Å²) in [5, 5.41) is 5.37. The van der Waals surface area contributed by atoms with Crippen molar-refractivity contribution < 1.29 is 14.3 Å². The standard InChI is InChI=1S/C18H20N2O3/c1-2-23-17(21)16(13-14-9-5-3-6-10-14)20-18(22)19-15-11-7-4-8-12-15/h3-12,16H,2,13H2,1H3,(H2,19,20,22)/t16-/m1/s1. The van der Waals surface area contributed by atoms with Crippen LogP contribution < -0.4 is 10.6 Å². The number of nitrogens with one attached hydrogen (secondary N) is 2. The van der Waals surface area contributed by atoms with Crippen molar-refractivity contribution in [2.45, 2.75) is 19.4 Å². The number of hydrogen-bond acceptors (Lipinski definition) is 3. The van der Waals surface area contributed by atoms with Crippen LogP contribution in [0.4, 0.5) is 10.5 Å². The van der Waals surface area contributed by atoms with E-state index >= 15 is 0 Å². The van der Waals surface area contributed by atoms with Gasteiger partial charge in [0.2, 0.25) is 0 Å². The second-order valence-electron chi connectivity index (χ2n) is 4.96. The molecule has 2 amide bonds. The molecule has 2 aromatic carbocycles. The summed E-state index contributed by atoms with van der Waals surface area (Å²) in [4.78, 5) is 24.2. The maximum absolute atomic E-state index is 12.1. The van der Waals surface area contributed by atoms with Gasteiger partial charge in [-0.05, 0) is 24.6 Å². The number of anilines is 1. The lowest BCUT2D eigenvalue weighted by Crippen LogP contribution is -2.45. The average Bonchev–Trinajstić information content (AvgIpc) is 2.56. The zero-order valence-corrected chi connectivity index (χ0v) is 13.0. The zero-order valence-electron chi connectivity index (χ0n) is 13.0. The fourth-order valence-corrected chi connectivity index (χ4v) is 2.13. The molecule has 0 spiro atoms. The van der Waals surface area contributed by atoms with Crippen molar-refractivity contribution in [1.82, 2.24) is 5.32 Å². The largest absolute Gasteiger partial charge is 0.464 e. The van der Waals surface area contributed by atoms with Crippen LogP contribution in [0.1, 0.15) is 12.5 Å². The van der Waals surface area contributed by atoms with Gasteiger partial charge in [0.05, 0.1) is 6.61 Å². The quantitative estimate of drug-likeness (QED) is 0.806. The molecule has 2 N–H and O–H groups in total. The van der Waals surface area contributed by atoms with Gasteiger partial charge in [0.25, 0.3) is 0 Å². The van der Waals surface area contributed by atoms with Crippen molar-refractivity contribution in [3.05, 3.63) is 66.2 Å². The molecule has 0 aliphatic carbocycles. The molecule has 0 bridgehead atoms. The Balaban J connectivity index is 2.01. The summed E-state index contributed by atoms with van der Waals surface area (Å²) in [6, 6.07) is 17.4. The monoisotopic (exact) mass is 312 g/mol. The number of carbonyl (C=O) groups excluding carboxylic acids is 2. The maximum Gasteiger partial charge on any atom is 0.329 e. The van der Waals surface area contributed by atoms with Gasteiger partial charge in [0.15, 0.2) is 0 Å². The molecule has 0 radical (unpaired) electrons. The van der Waals surface area contributed by atoms with E-state index in [1.807, 2.05) is 48.5 Å². The lowest BCUT2D eigenvalue weighted by Gasteiger charge is -2.18. The normalized spacial score (nSPS) is 11.3. The summed E-state index contributed by atoms with van der Waals surface area (Å²) in [6.45, 7) is 2.01. The summed E-state index contributed by atoms with van der Waals surface area (Å²) in [5.41, 5.74) is 1.61. The topological polar surface area (TPSA) is 67.4 Å². The molecule has 1 atom stereocenters. The molecular formula is C18H20N2O3. The number of ether oxygens (including phenoxy) is 1. The Bertz CT molecular complexity index is 629. The lowest BCUT2D eigenvalue weighted by atomic mass is 10.1. The second-order valence-corrected chi connectivity index (χ2v) is 4.96. The van der Waals surface area contributed by atoms with Crippen molar-refractivity contribution in [3.63, 3.8) is 0 Å². The lowest BCUT2D eigenvalue weighted by molar-refractivity contribution is -0.145. The van der Waals surface area contributed by atoms with E-state index in [4.69, 9.17) is 4.74 Å². The van der Waals surface area contributed by atoms with Gasteiger partial charge in [-0.1, -0.05) is 48.5 Å². The number of urea groups is 1. The van der Waals surface area contributed by atoms with E-state index in [2.05, 4.69) is 10.6 Å². The molecule has 0 aliphatic heterocycles. The first-order chi connectivity index (χ1) is 11.2. The van der Waals surface area contributed by atoms with Crippen molar-refractivity contribution in [2.24, 2.45) is 0 Å². The number of benzene rings is 2. The van der Waals surface area contributed by atoms with Gasteiger partial charge in [-0.3, -0.25) is 0 Å². The van der Waals surface area contributed by atoms with Crippen LogP contribution in [0.2, 0.25) is 0 Å². The van der Waals surface area contributed by atoms with Gasteiger partial charge in [-0.15, -0.1) is 0 Å². The molecule has 0 aliphatic rings. The van der Waals surface area contributed by atoms with Crippen molar-refractivity contribution in [1.29, 1.82) is 0 Å². The van der Waals surface area contributed by atoms with Gasteiger partial charge in [0, 0.05) is 12.1 Å². The minimum Gasteiger partial charge on any atom is -0.464 e. The molecule has 2 aromatic rings. The zero-order chi connectivity index (χ0) is 16.5. The predicted octanol–water partition coefficient (Wildman–Crippen LogP) is 2.98. The molecule has 0 saturated carbocycles. The average molecular weight is 312 g/mol. The van der Waals surface area contributed by atoms with E-state index in [-0.39, 0.29) is 6.61 Å². The third-order valence-electron chi connectivity index (χ3n) is 3.19. The number of rotatable bonds is 6. The number of esters is 1. The Morgan fingerprint density at radius 2 is 1.61 bits per heavy atom. The third-order valence-corrected chi connectivity index (χ3v) is 3.19. The number of para-hydroxylation sites is 1. The number of hydrogen-bond donors (Lipinski definition) is 2. The molecule has 0 saturated heterocycles. The molecule has 2 rings (SSSR count). The van der Waals surface area contributed by atoms with Crippen LogP contribution in [0.5, 0.6) is 0 Å². The van der Waals surface area contributed by atoms with E-state index < -0.39 is 18.0 Å². The van der Waals surface area contributed by atoms with E-state index in [0.717, 1.165) is 5.56 Å². The van der Waals surface area contributed by atoms with Gasteiger partial charge in [0.1, 0.15) is 6.04 Å². The first-order valence-corrected chi connectivity index (χ1v) is 7.52. The predicted molar refractivity (Wildman–Crippen MR) is 89.2 cm³/mol.